The molecule has 0 radical (unpaired) electrons. The molecule has 4 amide bonds. The number of carbonyl (C=O) groups is 5. The Hall–Kier alpha value is -2.70. The van der Waals surface area contributed by atoms with Crippen LogP contribution in [0.3, 0.4) is 0 Å². The van der Waals surface area contributed by atoms with Crippen LogP contribution in [0.4, 0.5) is 4.79 Å². The van der Waals surface area contributed by atoms with Gasteiger partial charge in [-0.25, -0.2) is 9.59 Å². The molecule has 1 N–H and O–H groups in total. The third-order valence-corrected chi connectivity index (χ3v) is 6.87. The summed E-state index contributed by atoms with van der Waals surface area (Å²) in [6.45, 7) is 6.19. The second-order valence-corrected chi connectivity index (χ2v) is 11.5. The second-order valence-electron chi connectivity index (χ2n) is 10.2. The summed E-state index contributed by atoms with van der Waals surface area (Å²) in [6.07, 6.45) is 2.08. The van der Waals surface area contributed by atoms with Crippen molar-refractivity contribution in [3.63, 3.8) is 0 Å². The summed E-state index contributed by atoms with van der Waals surface area (Å²) in [5.74, 6) is -2.02. The second kappa shape index (κ2) is 12.7. The number of amides is 4. The number of carbonyl (C=O) groups excluding carboxylic acids is 5. The van der Waals surface area contributed by atoms with Crippen molar-refractivity contribution in [1.29, 1.82) is 0 Å². The molecule has 2 aliphatic rings. The van der Waals surface area contributed by atoms with Crippen LogP contribution in [-0.4, -0.2) is 64.5 Å². The highest BCUT2D eigenvalue weighted by molar-refractivity contribution is 14.1. The van der Waals surface area contributed by atoms with Gasteiger partial charge in [0.25, 0.3) is 11.8 Å². The number of halogens is 1. The lowest BCUT2D eigenvalue weighted by molar-refractivity contribution is -0.197. The lowest BCUT2D eigenvalue weighted by atomic mass is 9.91. The SMILES string of the molecule is CC(C)(C)OC(=O)N1CC[C@H](c2ccc(I)cc2)[C@H]1C(=O)NCCCCCC(=O)ON1C(=O)CCC1=O. The Labute approximate surface area is 230 Å². The number of rotatable bonds is 9. The van der Waals surface area contributed by atoms with E-state index in [2.05, 4.69) is 27.9 Å². The first-order valence-corrected chi connectivity index (χ1v) is 13.6. The fourth-order valence-electron chi connectivity index (χ4n) is 4.39. The third kappa shape index (κ3) is 8.14. The summed E-state index contributed by atoms with van der Waals surface area (Å²) in [5, 5.41) is 3.48. The van der Waals surface area contributed by atoms with Gasteiger partial charge >= 0.3 is 12.1 Å². The molecule has 11 heteroatoms. The van der Waals surface area contributed by atoms with Gasteiger partial charge in [-0.05, 0) is 80.3 Å². The number of benzene rings is 1. The molecule has 0 saturated carbocycles. The van der Waals surface area contributed by atoms with E-state index < -0.39 is 35.5 Å². The molecule has 2 saturated heterocycles. The summed E-state index contributed by atoms with van der Waals surface area (Å²) in [4.78, 5) is 67.5. The van der Waals surface area contributed by atoms with Crippen molar-refractivity contribution in [1.82, 2.24) is 15.3 Å². The van der Waals surface area contributed by atoms with Gasteiger partial charge < -0.3 is 14.9 Å². The molecule has 2 aliphatic heterocycles. The van der Waals surface area contributed by atoms with E-state index >= 15 is 0 Å². The van der Waals surface area contributed by atoms with Crippen LogP contribution in [0.15, 0.2) is 24.3 Å². The monoisotopic (exact) mass is 627 g/mol. The van der Waals surface area contributed by atoms with E-state index in [9.17, 15) is 24.0 Å². The molecule has 0 aliphatic carbocycles. The largest absolute Gasteiger partial charge is 0.444 e. The van der Waals surface area contributed by atoms with E-state index in [0.29, 0.717) is 43.8 Å². The first-order chi connectivity index (χ1) is 17.5. The van der Waals surface area contributed by atoms with E-state index in [1.807, 2.05) is 24.3 Å². The summed E-state index contributed by atoms with van der Waals surface area (Å²) < 4.78 is 6.65. The number of nitrogens with one attached hydrogen (secondary N) is 1. The van der Waals surface area contributed by atoms with Crippen molar-refractivity contribution in [2.24, 2.45) is 0 Å². The number of hydrogen-bond donors (Lipinski definition) is 1. The molecule has 2 atom stereocenters. The Kier molecular flexibility index (Phi) is 9.91. The number of hydrogen-bond acceptors (Lipinski definition) is 7. The molecule has 3 rings (SSSR count). The van der Waals surface area contributed by atoms with Crippen LogP contribution in [0.2, 0.25) is 0 Å². The molecule has 1 aromatic carbocycles. The van der Waals surface area contributed by atoms with Gasteiger partial charge in [0.15, 0.2) is 0 Å². The normalized spacial score (nSPS) is 19.8. The summed E-state index contributed by atoms with van der Waals surface area (Å²) >= 11 is 2.23. The van der Waals surface area contributed by atoms with E-state index in [4.69, 9.17) is 9.57 Å². The van der Waals surface area contributed by atoms with Crippen molar-refractivity contribution in [2.75, 3.05) is 13.1 Å². The van der Waals surface area contributed by atoms with Crippen molar-refractivity contribution < 1.29 is 33.5 Å². The molecule has 0 bridgehead atoms. The van der Waals surface area contributed by atoms with Gasteiger partial charge in [0.1, 0.15) is 11.6 Å². The highest BCUT2D eigenvalue weighted by atomic mass is 127. The first-order valence-electron chi connectivity index (χ1n) is 12.6. The van der Waals surface area contributed by atoms with Crippen molar-refractivity contribution in [3.8, 4) is 0 Å². The number of imide groups is 1. The molecule has 10 nitrogen and oxygen atoms in total. The van der Waals surface area contributed by atoms with Crippen LogP contribution < -0.4 is 5.32 Å². The first kappa shape index (κ1) is 28.9. The molecule has 37 heavy (non-hydrogen) atoms. The summed E-state index contributed by atoms with van der Waals surface area (Å²) in [5.41, 5.74) is 0.329. The van der Waals surface area contributed by atoms with E-state index in [1.54, 1.807) is 20.8 Å². The zero-order valence-corrected chi connectivity index (χ0v) is 23.6. The smallest absolute Gasteiger partial charge is 0.410 e. The predicted molar refractivity (Wildman–Crippen MR) is 142 cm³/mol. The van der Waals surface area contributed by atoms with Gasteiger partial charge in [0, 0.05) is 41.8 Å². The van der Waals surface area contributed by atoms with Crippen LogP contribution in [0, 0.1) is 3.57 Å². The molecule has 2 fully saturated rings. The molecule has 0 aromatic heterocycles. The summed E-state index contributed by atoms with van der Waals surface area (Å²) in [6, 6.07) is 7.28. The van der Waals surface area contributed by atoms with Crippen molar-refractivity contribution >= 4 is 52.4 Å². The fourth-order valence-corrected chi connectivity index (χ4v) is 4.75. The molecular weight excluding hydrogens is 593 g/mol. The van der Waals surface area contributed by atoms with Gasteiger partial charge in [-0.15, -0.1) is 5.06 Å². The van der Waals surface area contributed by atoms with Gasteiger partial charge in [0.2, 0.25) is 5.91 Å². The summed E-state index contributed by atoms with van der Waals surface area (Å²) in [7, 11) is 0. The molecular formula is C26H34IN3O7. The van der Waals surface area contributed by atoms with Gasteiger partial charge in [-0.2, -0.15) is 0 Å². The zero-order chi connectivity index (χ0) is 27.2. The minimum Gasteiger partial charge on any atom is -0.444 e. The van der Waals surface area contributed by atoms with E-state index in [-0.39, 0.29) is 31.1 Å². The molecule has 0 spiro atoms. The maximum absolute atomic E-state index is 13.3. The quantitative estimate of drug-likeness (QED) is 0.252. The number of hydroxylamine groups is 2. The van der Waals surface area contributed by atoms with Crippen LogP contribution in [0.25, 0.3) is 0 Å². The lowest BCUT2D eigenvalue weighted by Gasteiger charge is -2.30. The minimum absolute atomic E-state index is 0.0581. The van der Waals surface area contributed by atoms with Crippen LogP contribution >= 0.6 is 22.6 Å². The Morgan fingerprint density at radius 1 is 1.03 bits per heavy atom. The number of likely N-dealkylation sites (tertiary alicyclic amines) is 1. The molecule has 1 aromatic rings. The topological polar surface area (TPSA) is 122 Å². The van der Waals surface area contributed by atoms with Gasteiger partial charge in [-0.1, -0.05) is 18.6 Å². The molecule has 2 heterocycles. The fraction of sp³-hybridized carbons (Fsp3) is 0.577. The maximum atomic E-state index is 13.3. The van der Waals surface area contributed by atoms with Gasteiger partial charge in [0.05, 0.1) is 0 Å². The van der Waals surface area contributed by atoms with Crippen LogP contribution in [0.5, 0.6) is 0 Å². The zero-order valence-electron chi connectivity index (χ0n) is 21.5. The average molecular weight is 627 g/mol. The lowest BCUT2D eigenvalue weighted by Crippen LogP contribution is -2.49. The highest BCUT2D eigenvalue weighted by Crippen LogP contribution is 2.35. The van der Waals surface area contributed by atoms with Gasteiger partial charge in [-0.3, -0.25) is 19.3 Å². The maximum Gasteiger partial charge on any atom is 0.410 e. The number of unbranched alkanes of at least 4 members (excludes halogenated alkanes) is 2. The molecule has 0 unspecified atom stereocenters. The molecule has 202 valence electrons. The number of nitrogens with zero attached hydrogens (tertiary/aromatic N) is 2. The average Bonchev–Trinajstić information content (AvgIpc) is 3.40. The van der Waals surface area contributed by atoms with Crippen molar-refractivity contribution in [3.05, 3.63) is 33.4 Å². The Morgan fingerprint density at radius 3 is 2.30 bits per heavy atom. The Morgan fingerprint density at radius 2 is 1.68 bits per heavy atom. The number of ether oxygens (including phenoxy) is 1. The standard InChI is InChI=1S/C26H34IN3O7/c1-26(2,3)36-25(35)29-16-14-19(17-8-10-18(27)11-9-17)23(29)24(34)28-15-6-4-5-7-22(33)37-30-20(31)12-13-21(30)32/h8-11,19,23H,4-7,12-16H2,1-3H3,(H,28,34)/t19-,23+/m1/s1. The van der Waals surface area contributed by atoms with Crippen LogP contribution in [-0.2, 0) is 28.8 Å². The Bertz CT molecular complexity index is 1010. The van der Waals surface area contributed by atoms with Crippen molar-refractivity contribution in [2.45, 2.75) is 83.3 Å². The van der Waals surface area contributed by atoms with Crippen LogP contribution in [0.1, 0.15) is 77.2 Å². The highest BCUT2D eigenvalue weighted by Gasteiger charge is 2.44. The van der Waals surface area contributed by atoms with E-state index in [1.165, 1.54) is 4.90 Å². The third-order valence-electron chi connectivity index (χ3n) is 6.15. The minimum atomic E-state index is -0.680. The van der Waals surface area contributed by atoms with E-state index in [0.717, 1.165) is 9.13 Å². The predicted octanol–water partition coefficient (Wildman–Crippen LogP) is 3.67. The Balaban J connectivity index is 1.50.